The molecule has 8 heteroatoms. The molecular formula is C30H40N4O4. The summed E-state index contributed by atoms with van der Waals surface area (Å²) in [6, 6.07) is 9.13. The van der Waals surface area contributed by atoms with Crippen molar-refractivity contribution in [1.29, 1.82) is 0 Å². The van der Waals surface area contributed by atoms with Gasteiger partial charge in [-0.2, -0.15) is 0 Å². The van der Waals surface area contributed by atoms with Crippen LogP contribution in [0.3, 0.4) is 0 Å². The number of hydrogen-bond donors (Lipinski definition) is 1. The Morgan fingerprint density at radius 1 is 1.16 bits per heavy atom. The Morgan fingerprint density at radius 2 is 1.89 bits per heavy atom. The van der Waals surface area contributed by atoms with Crippen molar-refractivity contribution < 1.29 is 14.0 Å². The Kier molecular flexibility index (Phi) is 8.82. The second-order valence-electron chi connectivity index (χ2n) is 10.7. The molecule has 1 atom stereocenters. The SMILES string of the molecule is CCC(=O)CCCCCC(NC(=O)C1(N(C)C)CCCC1)c1ncc(-c2cc3ccccc3n(C)c2=O)o1. The van der Waals surface area contributed by atoms with E-state index in [4.69, 9.17) is 4.42 Å². The van der Waals surface area contributed by atoms with Crippen LogP contribution in [0.15, 0.2) is 45.7 Å². The van der Waals surface area contributed by atoms with E-state index in [2.05, 4.69) is 10.3 Å². The number of ketones is 1. The molecule has 0 aliphatic heterocycles. The van der Waals surface area contributed by atoms with Gasteiger partial charge in [-0.25, -0.2) is 4.98 Å². The number of carbonyl (C=O) groups excluding carboxylic acids is 2. The summed E-state index contributed by atoms with van der Waals surface area (Å²) in [5, 5.41) is 4.18. The molecule has 2 aromatic heterocycles. The predicted molar refractivity (Wildman–Crippen MR) is 149 cm³/mol. The number of fused-ring (bicyclic) bond motifs is 1. The van der Waals surface area contributed by atoms with Gasteiger partial charge in [0.1, 0.15) is 11.8 Å². The molecule has 1 aliphatic rings. The number of para-hydroxylation sites is 1. The van der Waals surface area contributed by atoms with E-state index in [1.165, 1.54) is 0 Å². The molecule has 1 aliphatic carbocycles. The Morgan fingerprint density at radius 3 is 2.61 bits per heavy atom. The first-order chi connectivity index (χ1) is 18.3. The summed E-state index contributed by atoms with van der Waals surface area (Å²) in [5.74, 6) is 1.06. The van der Waals surface area contributed by atoms with Crippen molar-refractivity contribution in [3.63, 3.8) is 0 Å². The number of carbonyl (C=O) groups is 2. The predicted octanol–water partition coefficient (Wildman–Crippen LogP) is 5.15. The van der Waals surface area contributed by atoms with Crippen LogP contribution in [0.4, 0.5) is 0 Å². The fraction of sp³-hybridized carbons (Fsp3) is 0.533. The number of likely N-dealkylation sites (N-methyl/N-ethyl adjacent to an activating group) is 1. The third kappa shape index (κ3) is 5.75. The van der Waals surface area contributed by atoms with Gasteiger partial charge >= 0.3 is 0 Å². The number of nitrogens with one attached hydrogen (secondary N) is 1. The van der Waals surface area contributed by atoms with E-state index < -0.39 is 11.6 Å². The first-order valence-corrected chi connectivity index (χ1v) is 13.8. The molecule has 4 rings (SSSR count). The number of oxazole rings is 1. The molecule has 204 valence electrons. The first kappa shape index (κ1) is 27.8. The van der Waals surface area contributed by atoms with E-state index in [-0.39, 0.29) is 17.2 Å². The van der Waals surface area contributed by atoms with Gasteiger partial charge in [-0.05, 0) is 57.3 Å². The van der Waals surface area contributed by atoms with Gasteiger partial charge in [0.15, 0.2) is 5.76 Å². The number of nitrogens with zero attached hydrogens (tertiary/aromatic N) is 3. The summed E-state index contributed by atoms with van der Waals surface area (Å²) >= 11 is 0. The molecule has 1 N–H and O–H groups in total. The van der Waals surface area contributed by atoms with Crippen molar-refractivity contribution >= 4 is 22.6 Å². The lowest BCUT2D eigenvalue weighted by atomic mass is 9.94. The fourth-order valence-electron chi connectivity index (χ4n) is 5.58. The molecule has 1 amide bonds. The Balaban J connectivity index is 1.58. The van der Waals surface area contributed by atoms with Crippen LogP contribution in [0.1, 0.15) is 83.1 Å². The summed E-state index contributed by atoms with van der Waals surface area (Å²) in [6.45, 7) is 1.89. The van der Waals surface area contributed by atoms with Crippen LogP contribution in [0, 0.1) is 0 Å². The molecular weight excluding hydrogens is 480 g/mol. The van der Waals surface area contributed by atoms with Gasteiger partial charge in [-0.3, -0.25) is 19.3 Å². The summed E-state index contributed by atoms with van der Waals surface area (Å²) < 4.78 is 7.80. The Labute approximate surface area is 224 Å². The summed E-state index contributed by atoms with van der Waals surface area (Å²) in [6.07, 6.45) is 9.61. The van der Waals surface area contributed by atoms with Gasteiger partial charge < -0.3 is 14.3 Å². The maximum absolute atomic E-state index is 13.6. The number of benzene rings is 1. The van der Waals surface area contributed by atoms with E-state index in [1.54, 1.807) is 17.8 Å². The van der Waals surface area contributed by atoms with Crippen molar-refractivity contribution in [3.8, 4) is 11.3 Å². The monoisotopic (exact) mass is 520 g/mol. The molecule has 3 aromatic rings. The third-order valence-electron chi connectivity index (χ3n) is 8.08. The van der Waals surface area contributed by atoms with Gasteiger partial charge in [0.05, 0.1) is 22.8 Å². The highest BCUT2D eigenvalue weighted by atomic mass is 16.4. The Bertz CT molecular complexity index is 1330. The van der Waals surface area contributed by atoms with Crippen molar-refractivity contribution in [2.75, 3.05) is 14.1 Å². The average molecular weight is 521 g/mol. The highest BCUT2D eigenvalue weighted by Gasteiger charge is 2.44. The van der Waals surface area contributed by atoms with E-state index in [0.717, 1.165) is 55.8 Å². The highest BCUT2D eigenvalue weighted by Crippen LogP contribution is 2.35. The number of unbranched alkanes of at least 4 members (excludes halogenated alkanes) is 2. The fourth-order valence-corrected chi connectivity index (χ4v) is 5.58. The van der Waals surface area contributed by atoms with Crippen LogP contribution in [-0.4, -0.2) is 45.8 Å². The van der Waals surface area contributed by atoms with Gasteiger partial charge in [0.2, 0.25) is 11.8 Å². The molecule has 1 fully saturated rings. The number of Topliss-reactive ketones (excluding diaryl/α,β-unsaturated/α-hetero) is 1. The summed E-state index contributed by atoms with van der Waals surface area (Å²) in [7, 11) is 5.67. The number of aromatic nitrogens is 2. The van der Waals surface area contributed by atoms with Gasteiger partial charge in [-0.15, -0.1) is 0 Å². The zero-order valence-electron chi connectivity index (χ0n) is 23.1. The van der Waals surface area contributed by atoms with Gasteiger partial charge in [0.25, 0.3) is 5.56 Å². The number of amides is 1. The largest absolute Gasteiger partial charge is 0.438 e. The minimum atomic E-state index is -0.532. The molecule has 2 heterocycles. The summed E-state index contributed by atoms with van der Waals surface area (Å²) in [5.41, 5.74) is 0.590. The normalized spacial score (nSPS) is 15.7. The number of rotatable bonds is 12. The Hall–Kier alpha value is -3.26. The lowest BCUT2D eigenvalue weighted by Gasteiger charge is -2.35. The molecule has 1 saturated carbocycles. The molecule has 0 spiro atoms. The van der Waals surface area contributed by atoms with E-state index >= 15 is 0 Å². The van der Waals surface area contributed by atoms with Crippen LogP contribution in [-0.2, 0) is 16.6 Å². The molecule has 1 aromatic carbocycles. The molecule has 1 unspecified atom stereocenters. The quantitative estimate of drug-likeness (QED) is 0.332. The average Bonchev–Trinajstić information content (AvgIpc) is 3.61. The van der Waals surface area contributed by atoms with Crippen LogP contribution in [0.5, 0.6) is 0 Å². The smallest absolute Gasteiger partial charge is 0.261 e. The molecule has 38 heavy (non-hydrogen) atoms. The second kappa shape index (κ2) is 12.1. The number of aryl methyl sites for hydroxylation is 1. The van der Waals surface area contributed by atoms with Crippen molar-refractivity contribution in [1.82, 2.24) is 19.8 Å². The third-order valence-corrected chi connectivity index (χ3v) is 8.08. The molecule has 8 nitrogen and oxygen atoms in total. The first-order valence-electron chi connectivity index (χ1n) is 13.8. The second-order valence-corrected chi connectivity index (χ2v) is 10.7. The number of hydrogen-bond acceptors (Lipinski definition) is 6. The lowest BCUT2D eigenvalue weighted by molar-refractivity contribution is -0.133. The van der Waals surface area contributed by atoms with E-state index in [9.17, 15) is 14.4 Å². The van der Waals surface area contributed by atoms with Crippen LogP contribution in [0.25, 0.3) is 22.2 Å². The van der Waals surface area contributed by atoms with Crippen LogP contribution >= 0.6 is 0 Å². The molecule has 0 saturated heterocycles. The maximum Gasteiger partial charge on any atom is 0.261 e. The van der Waals surface area contributed by atoms with Crippen LogP contribution < -0.4 is 10.9 Å². The molecule has 0 bridgehead atoms. The molecule has 0 radical (unpaired) electrons. The minimum Gasteiger partial charge on any atom is -0.438 e. The lowest BCUT2D eigenvalue weighted by Crippen LogP contribution is -2.55. The zero-order valence-corrected chi connectivity index (χ0v) is 23.1. The van der Waals surface area contributed by atoms with Gasteiger partial charge in [0, 0.05) is 19.9 Å². The summed E-state index contributed by atoms with van der Waals surface area (Å²) in [4.78, 5) is 45.0. The topological polar surface area (TPSA) is 97.4 Å². The minimum absolute atomic E-state index is 0.00692. The van der Waals surface area contributed by atoms with E-state index in [0.29, 0.717) is 36.5 Å². The standard InChI is InChI=1S/C30H40N4O4/c1-5-22(35)14-7-6-8-15-24(32-29(37)30(33(2)3)17-11-12-18-30)27-31-20-26(38-27)23-19-21-13-9-10-16-25(21)34(4)28(23)36/h9-10,13,16,19-20,24H,5-8,11-12,14-15,17-18H2,1-4H3,(H,32,37). The van der Waals surface area contributed by atoms with Gasteiger partial charge in [-0.1, -0.05) is 50.8 Å². The highest BCUT2D eigenvalue weighted by molar-refractivity contribution is 5.87. The van der Waals surface area contributed by atoms with Crippen molar-refractivity contribution in [3.05, 3.63) is 52.8 Å². The van der Waals surface area contributed by atoms with E-state index in [1.807, 2.05) is 56.3 Å². The number of pyridine rings is 1. The van der Waals surface area contributed by atoms with Crippen molar-refractivity contribution in [2.24, 2.45) is 7.05 Å². The van der Waals surface area contributed by atoms with Crippen molar-refractivity contribution in [2.45, 2.75) is 82.7 Å². The van der Waals surface area contributed by atoms with Crippen LogP contribution in [0.2, 0.25) is 0 Å². The zero-order chi connectivity index (χ0) is 27.3. The maximum atomic E-state index is 13.6.